The number of piperidine rings is 1. The van der Waals surface area contributed by atoms with Gasteiger partial charge in [-0.25, -0.2) is 4.98 Å². The van der Waals surface area contributed by atoms with Gasteiger partial charge in [0.15, 0.2) is 0 Å². The molecule has 2 saturated heterocycles. The number of pyridine rings is 1. The second-order valence-electron chi connectivity index (χ2n) is 6.06. The molecule has 3 rings (SSSR count). The average Bonchev–Trinajstić information content (AvgIpc) is 2.64. The molecule has 7 nitrogen and oxygen atoms in total. The molecule has 2 aliphatic heterocycles. The summed E-state index contributed by atoms with van der Waals surface area (Å²) in [5.41, 5.74) is 0. The van der Waals surface area contributed by atoms with Crippen LogP contribution in [0.2, 0.25) is 5.02 Å². The molecule has 0 bridgehead atoms. The van der Waals surface area contributed by atoms with Crippen molar-refractivity contribution >= 4 is 29.2 Å². The number of amides is 2. The summed E-state index contributed by atoms with van der Waals surface area (Å²) in [6.07, 6.45) is 3.06. The maximum Gasteiger partial charge on any atom is 0.242 e. The molecule has 3 heterocycles. The Morgan fingerprint density at radius 2 is 2.29 bits per heavy atom. The third-order valence-corrected chi connectivity index (χ3v) is 4.53. The van der Waals surface area contributed by atoms with Gasteiger partial charge in [-0.05, 0) is 25.0 Å². The summed E-state index contributed by atoms with van der Waals surface area (Å²) < 4.78 is 5.35. The topological polar surface area (TPSA) is 83.6 Å². The normalized spacial score (nSPS) is 24.5. The zero-order valence-electron chi connectivity index (χ0n) is 13.3. The Morgan fingerprint density at radius 3 is 3.00 bits per heavy atom. The van der Waals surface area contributed by atoms with Gasteiger partial charge in [-0.15, -0.1) is 0 Å². The summed E-state index contributed by atoms with van der Waals surface area (Å²) in [5.74, 6) is 0.131. The van der Waals surface area contributed by atoms with E-state index >= 15 is 0 Å². The Kier molecular flexibility index (Phi) is 5.65. The van der Waals surface area contributed by atoms with Crippen LogP contribution < -0.4 is 10.6 Å². The van der Waals surface area contributed by atoms with Crippen molar-refractivity contribution in [1.29, 1.82) is 0 Å². The number of ether oxygens (including phenoxy) is 1. The Bertz CT molecular complexity index is 589. The summed E-state index contributed by atoms with van der Waals surface area (Å²) in [6, 6.07) is 3.03. The highest BCUT2D eigenvalue weighted by atomic mass is 35.5. The second-order valence-corrected chi connectivity index (χ2v) is 6.49. The lowest BCUT2D eigenvalue weighted by atomic mass is 9.96. The molecule has 8 heteroatoms. The van der Waals surface area contributed by atoms with Gasteiger partial charge < -0.3 is 20.3 Å². The van der Waals surface area contributed by atoms with Crippen LogP contribution in [-0.2, 0) is 14.3 Å². The quantitative estimate of drug-likeness (QED) is 0.844. The molecule has 2 atom stereocenters. The van der Waals surface area contributed by atoms with Crippen molar-refractivity contribution in [3.05, 3.63) is 23.4 Å². The van der Waals surface area contributed by atoms with Gasteiger partial charge in [-0.3, -0.25) is 9.59 Å². The fourth-order valence-corrected chi connectivity index (χ4v) is 3.13. The van der Waals surface area contributed by atoms with E-state index in [9.17, 15) is 9.59 Å². The molecule has 0 saturated carbocycles. The highest BCUT2D eigenvalue weighted by Gasteiger charge is 2.32. The molecule has 2 amide bonds. The Balaban J connectivity index is 1.57. The third kappa shape index (κ3) is 4.23. The minimum Gasteiger partial charge on any atom is -0.378 e. The molecule has 0 spiro atoms. The zero-order chi connectivity index (χ0) is 16.9. The number of anilines is 1. The second kappa shape index (κ2) is 7.92. The van der Waals surface area contributed by atoms with Gasteiger partial charge >= 0.3 is 0 Å². The van der Waals surface area contributed by atoms with Crippen LogP contribution in [-0.4, -0.2) is 60.6 Å². The van der Waals surface area contributed by atoms with E-state index in [0.717, 1.165) is 12.8 Å². The Labute approximate surface area is 145 Å². The fourth-order valence-electron chi connectivity index (χ4n) is 3.01. The van der Waals surface area contributed by atoms with Crippen molar-refractivity contribution in [2.45, 2.75) is 18.9 Å². The number of nitrogens with one attached hydrogen (secondary N) is 2. The van der Waals surface area contributed by atoms with Gasteiger partial charge in [-0.2, -0.15) is 0 Å². The van der Waals surface area contributed by atoms with Gasteiger partial charge in [0.2, 0.25) is 11.8 Å². The van der Waals surface area contributed by atoms with Crippen molar-refractivity contribution in [2.75, 3.05) is 38.2 Å². The first-order chi connectivity index (χ1) is 11.6. The minimum atomic E-state index is -0.307. The first kappa shape index (κ1) is 17.1. The van der Waals surface area contributed by atoms with Crippen LogP contribution in [0.25, 0.3) is 0 Å². The van der Waals surface area contributed by atoms with Gasteiger partial charge in [0.25, 0.3) is 0 Å². The van der Waals surface area contributed by atoms with E-state index in [4.69, 9.17) is 16.3 Å². The maximum absolute atomic E-state index is 12.5. The standard InChI is InChI=1S/C16H21ClN4O3/c17-12-3-4-14(19-8-12)20-15(22)11-2-1-6-21(9-11)16(23)13-10-24-7-5-18-13/h3-4,8,11,13,18H,1-2,5-7,9-10H2,(H,19,20,22). The molecule has 0 aromatic carbocycles. The van der Waals surface area contributed by atoms with E-state index in [2.05, 4.69) is 15.6 Å². The first-order valence-electron chi connectivity index (χ1n) is 8.16. The van der Waals surface area contributed by atoms with Gasteiger partial charge in [0.05, 0.1) is 24.2 Å². The third-order valence-electron chi connectivity index (χ3n) is 4.30. The molecule has 1 aromatic rings. The van der Waals surface area contributed by atoms with E-state index < -0.39 is 0 Å². The summed E-state index contributed by atoms with van der Waals surface area (Å²) in [4.78, 5) is 30.8. The predicted molar refractivity (Wildman–Crippen MR) is 89.8 cm³/mol. The highest BCUT2D eigenvalue weighted by molar-refractivity contribution is 6.30. The number of morpholine rings is 1. The van der Waals surface area contributed by atoms with E-state index in [1.807, 2.05) is 0 Å². The fraction of sp³-hybridized carbons (Fsp3) is 0.562. The molecular weight excluding hydrogens is 332 g/mol. The largest absolute Gasteiger partial charge is 0.378 e. The highest BCUT2D eigenvalue weighted by Crippen LogP contribution is 2.20. The van der Waals surface area contributed by atoms with E-state index in [1.54, 1.807) is 17.0 Å². The molecule has 0 radical (unpaired) electrons. The lowest BCUT2D eigenvalue weighted by Gasteiger charge is -2.35. The lowest BCUT2D eigenvalue weighted by molar-refractivity contribution is -0.139. The lowest BCUT2D eigenvalue weighted by Crippen LogP contribution is -2.55. The molecule has 130 valence electrons. The van der Waals surface area contributed by atoms with Crippen LogP contribution in [0.15, 0.2) is 18.3 Å². The molecule has 2 fully saturated rings. The van der Waals surface area contributed by atoms with Crippen molar-refractivity contribution < 1.29 is 14.3 Å². The van der Waals surface area contributed by atoms with Gasteiger partial charge in [0.1, 0.15) is 11.9 Å². The molecule has 2 aliphatic rings. The maximum atomic E-state index is 12.5. The number of aromatic nitrogens is 1. The molecule has 24 heavy (non-hydrogen) atoms. The van der Waals surface area contributed by atoms with Crippen molar-refractivity contribution in [3.63, 3.8) is 0 Å². The molecular formula is C16H21ClN4O3. The summed E-state index contributed by atoms with van der Waals surface area (Å²) in [7, 11) is 0. The number of carbonyl (C=O) groups is 2. The molecule has 1 aromatic heterocycles. The van der Waals surface area contributed by atoms with E-state index in [0.29, 0.717) is 43.7 Å². The number of hydrogen-bond acceptors (Lipinski definition) is 5. The van der Waals surface area contributed by atoms with E-state index in [1.165, 1.54) is 6.20 Å². The SMILES string of the molecule is O=C(Nc1ccc(Cl)cn1)C1CCCN(C(=O)C2COCCN2)C1. The Morgan fingerprint density at radius 1 is 1.42 bits per heavy atom. The number of rotatable bonds is 3. The van der Waals surface area contributed by atoms with Crippen LogP contribution >= 0.6 is 11.6 Å². The van der Waals surface area contributed by atoms with Crippen molar-refractivity contribution in [1.82, 2.24) is 15.2 Å². The number of halogens is 1. The molecule has 2 N–H and O–H groups in total. The summed E-state index contributed by atoms with van der Waals surface area (Å²) in [5, 5.41) is 6.48. The van der Waals surface area contributed by atoms with Crippen molar-refractivity contribution in [2.24, 2.45) is 5.92 Å². The number of carbonyl (C=O) groups excluding carboxylic acids is 2. The predicted octanol–water partition coefficient (Wildman–Crippen LogP) is 0.900. The molecule has 0 aliphatic carbocycles. The summed E-state index contributed by atoms with van der Waals surface area (Å²) >= 11 is 5.79. The number of hydrogen-bond donors (Lipinski definition) is 2. The zero-order valence-corrected chi connectivity index (χ0v) is 14.1. The summed E-state index contributed by atoms with van der Waals surface area (Å²) in [6.45, 7) is 2.80. The van der Waals surface area contributed by atoms with Crippen LogP contribution in [0.4, 0.5) is 5.82 Å². The van der Waals surface area contributed by atoms with Crippen LogP contribution in [0.5, 0.6) is 0 Å². The van der Waals surface area contributed by atoms with E-state index in [-0.39, 0.29) is 23.8 Å². The van der Waals surface area contributed by atoms with Crippen molar-refractivity contribution in [3.8, 4) is 0 Å². The minimum absolute atomic E-state index is 0.0109. The molecule has 2 unspecified atom stereocenters. The van der Waals surface area contributed by atoms with Gasteiger partial charge in [0, 0.05) is 25.8 Å². The van der Waals surface area contributed by atoms with Crippen LogP contribution in [0, 0.1) is 5.92 Å². The number of likely N-dealkylation sites (tertiary alicyclic amines) is 1. The average molecular weight is 353 g/mol. The Hall–Kier alpha value is -1.70. The monoisotopic (exact) mass is 352 g/mol. The number of nitrogens with zero attached hydrogens (tertiary/aromatic N) is 2. The first-order valence-corrected chi connectivity index (χ1v) is 8.53. The smallest absolute Gasteiger partial charge is 0.242 e. The van der Waals surface area contributed by atoms with Crippen LogP contribution in [0.3, 0.4) is 0 Å². The van der Waals surface area contributed by atoms with Crippen LogP contribution in [0.1, 0.15) is 12.8 Å². The van der Waals surface area contributed by atoms with Gasteiger partial charge in [-0.1, -0.05) is 11.6 Å².